The number of aryl methyl sites for hydroxylation is 1. The van der Waals surface area contributed by atoms with E-state index in [0.29, 0.717) is 31.5 Å². The maximum absolute atomic E-state index is 15.2. The van der Waals surface area contributed by atoms with Gasteiger partial charge in [-0.2, -0.15) is 0 Å². The number of aliphatic hydroxyl groups excluding tert-OH is 1. The fourth-order valence-electron chi connectivity index (χ4n) is 4.68. The van der Waals surface area contributed by atoms with Crippen LogP contribution in [0.1, 0.15) is 28.6 Å². The van der Waals surface area contributed by atoms with Crippen LogP contribution in [0.4, 0.5) is 9.52 Å². The zero-order valence-corrected chi connectivity index (χ0v) is 24.2. The second-order valence-electron chi connectivity index (χ2n) is 9.04. The van der Waals surface area contributed by atoms with Gasteiger partial charge in [-0.05, 0) is 42.8 Å². The number of aliphatic hydroxyl groups is 1. The summed E-state index contributed by atoms with van der Waals surface area (Å²) in [6.45, 7) is 1.68. The lowest BCUT2D eigenvalue weighted by atomic mass is 9.96. The number of imidazole rings is 1. The van der Waals surface area contributed by atoms with Crippen molar-refractivity contribution in [2.24, 2.45) is 0 Å². The number of amides is 1. The normalized spacial score (nSPS) is 16.7. The summed E-state index contributed by atoms with van der Waals surface area (Å²) in [5, 5.41) is 21.0. The average Bonchev–Trinajstić information content (AvgIpc) is 3.62. The van der Waals surface area contributed by atoms with Crippen molar-refractivity contribution in [3.8, 4) is 0 Å². The summed E-state index contributed by atoms with van der Waals surface area (Å²) in [4.78, 5) is 32.5. The van der Waals surface area contributed by atoms with Gasteiger partial charge < -0.3 is 5.11 Å². The minimum Gasteiger partial charge on any atom is -0.505 e. The minimum atomic E-state index is -1.29. The van der Waals surface area contributed by atoms with Crippen molar-refractivity contribution in [3.05, 3.63) is 111 Å². The van der Waals surface area contributed by atoms with Crippen molar-refractivity contribution in [3.63, 3.8) is 0 Å². The van der Waals surface area contributed by atoms with Gasteiger partial charge in [-0.15, -0.1) is 10.2 Å². The Morgan fingerprint density at radius 1 is 1.10 bits per heavy atom. The van der Waals surface area contributed by atoms with Crippen LogP contribution >= 0.6 is 46.3 Å². The molecule has 1 unspecified atom stereocenters. The molecule has 41 heavy (non-hydrogen) atoms. The smallest absolute Gasteiger partial charge is 0.301 e. The number of carbonyl (C=O) groups is 2. The number of pyridine rings is 1. The SMILES string of the molecule is Cc1nc2ccccn2c1C(O)=C1C(=O)C(=O)N(c2nnc(SCc3ccc(Cl)cc3Cl)s2)C1c1ccccc1F. The third-order valence-corrected chi connectivity index (χ3v) is 9.23. The topological polar surface area (TPSA) is 101 Å². The van der Waals surface area contributed by atoms with Gasteiger partial charge in [0.25, 0.3) is 5.78 Å². The van der Waals surface area contributed by atoms with E-state index in [1.807, 2.05) is 0 Å². The number of ketones is 1. The van der Waals surface area contributed by atoms with E-state index in [4.69, 9.17) is 23.2 Å². The highest BCUT2D eigenvalue weighted by Crippen LogP contribution is 2.45. The Hall–Kier alpha value is -3.77. The number of fused-ring (bicyclic) bond motifs is 1. The van der Waals surface area contributed by atoms with Crippen LogP contribution in [0.15, 0.2) is 76.8 Å². The lowest BCUT2D eigenvalue weighted by Gasteiger charge is -2.22. The van der Waals surface area contributed by atoms with E-state index in [0.717, 1.165) is 21.8 Å². The van der Waals surface area contributed by atoms with Crippen LogP contribution < -0.4 is 4.90 Å². The van der Waals surface area contributed by atoms with E-state index in [-0.39, 0.29) is 22.0 Å². The second-order valence-corrected chi connectivity index (χ2v) is 12.1. The molecule has 0 bridgehead atoms. The zero-order valence-electron chi connectivity index (χ0n) is 21.1. The van der Waals surface area contributed by atoms with E-state index in [1.165, 1.54) is 30.0 Å². The van der Waals surface area contributed by atoms with Gasteiger partial charge in [-0.25, -0.2) is 9.37 Å². The van der Waals surface area contributed by atoms with Gasteiger partial charge >= 0.3 is 5.91 Å². The summed E-state index contributed by atoms with van der Waals surface area (Å²) < 4.78 is 17.4. The molecule has 3 aromatic heterocycles. The Labute approximate surface area is 251 Å². The monoisotopic (exact) mass is 625 g/mol. The van der Waals surface area contributed by atoms with Crippen molar-refractivity contribution < 1.29 is 19.1 Å². The summed E-state index contributed by atoms with van der Waals surface area (Å²) in [7, 11) is 0. The maximum Gasteiger partial charge on any atom is 0.301 e. The van der Waals surface area contributed by atoms with Gasteiger partial charge in [-0.1, -0.05) is 76.6 Å². The number of rotatable bonds is 6. The molecule has 6 rings (SSSR count). The number of halogens is 3. The quantitative estimate of drug-likeness (QED) is 0.0723. The largest absolute Gasteiger partial charge is 0.505 e. The number of thioether (sulfide) groups is 1. The molecule has 2 aromatic carbocycles. The number of nitrogens with zero attached hydrogens (tertiary/aromatic N) is 5. The van der Waals surface area contributed by atoms with E-state index in [1.54, 1.807) is 60.0 Å². The van der Waals surface area contributed by atoms with E-state index >= 15 is 4.39 Å². The molecular weight excluding hydrogens is 608 g/mol. The van der Waals surface area contributed by atoms with Crippen molar-refractivity contribution >= 4 is 74.5 Å². The van der Waals surface area contributed by atoms with E-state index < -0.39 is 29.3 Å². The molecule has 0 spiro atoms. The Morgan fingerprint density at radius 2 is 1.88 bits per heavy atom. The van der Waals surface area contributed by atoms with Gasteiger partial charge in [0.1, 0.15) is 23.2 Å². The first-order valence-electron chi connectivity index (χ1n) is 12.1. The van der Waals surface area contributed by atoms with Crippen molar-refractivity contribution in [1.29, 1.82) is 0 Å². The Bertz CT molecular complexity index is 1890. The summed E-state index contributed by atoms with van der Waals surface area (Å²) in [5.41, 5.74) is 1.78. The molecule has 1 N–H and O–H groups in total. The minimum absolute atomic E-state index is 0.0251. The van der Waals surface area contributed by atoms with Crippen molar-refractivity contribution in [2.75, 3.05) is 4.90 Å². The Kier molecular flexibility index (Phi) is 7.28. The molecule has 0 saturated carbocycles. The predicted octanol–water partition coefficient (Wildman–Crippen LogP) is 6.86. The van der Waals surface area contributed by atoms with Crippen molar-refractivity contribution in [1.82, 2.24) is 19.6 Å². The first-order valence-corrected chi connectivity index (χ1v) is 14.7. The van der Waals surface area contributed by atoms with Gasteiger partial charge in [0, 0.05) is 27.6 Å². The molecule has 0 radical (unpaired) electrons. The third-order valence-electron chi connectivity index (χ3n) is 6.54. The summed E-state index contributed by atoms with van der Waals surface area (Å²) >= 11 is 14.7. The number of Topliss-reactive ketones (excluding diaryl/α,β-unsaturated/α-hetero) is 1. The van der Waals surface area contributed by atoms with Crippen LogP contribution in [0.2, 0.25) is 10.0 Å². The lowest BCUT2D eigenvalue weighted by Crippen LogP contribution is -2.29. The number of aromatic nitrogens is 4. The number of hydrogen-bond acceptors (Lipinski definition) is 8. The predicted molar refractivity (Wildman–Crippen MR) is 157 cm³/mol. The molecule has 5 aromatic rings. The first kappa shape index (κ1) is 27.4. The molecular formula is C28H18Cl2FN5O3S2. The molecule has 206 valence electrons. The molecule has 4 heterocycles. The summed E-state index contributed by atoms with van der Waals surface area (Å²) in [6.07, 6.45) is 1.68. The summed E-state index contributed by atoms with van der Waals surface area (Å²) in [5.74, 6) is -2.60. The van der Waals surface area contributed by atoms with Crippen LogP contribution in [0.3, 0.4) is 0 Å². The molecule has 1 aliphatic heterocycles. The maximum atomic E-state index is 15.2. The number of benzene rings is 2. The molecule has 1 amide bonds. The van der Waals surface area contributed by atoms with Crippen LogP contribution in [0.25, 0.3) is 11.4 Å². The van der Waals surface area contributed by atoms with Gasteiger partial charge in [0.05, 0.1) is 11.3 Å². The van der Waals surface area contributed by atoms with Crippen LogP contribution in [0, 0.1) is 12.7 Å². The number of carbonyl (C=O) groups excluding carboxylic acids is 2. The first-order chi connectivity index (χ1) is 19.7. The van der Waals surface area contributed by atoms with Crippen molar-refractivity contribution in [2.45, 2.75) is 23.1 Å². The standard InChI is InChI=1S/C28H18Cl2FN5O3S2/c1-14-22(35-11-5-4-8-20(35)32-14)24(37)21-23(17-6-2-3-7-19(17)31)36(26(39)25(21)38)27-33-34-28(41-27)40-13-15-9-10-16(29)12-18(15)30/h2-12,23,37H,13H2,1H3. The van der Waals surface area contributed by atoms with Crippen LogP contribution in [-0.2, 0) is 15.3 Å². The van der Waals surface area contributed by atoms with Crippen LogP contribution in [0.5, 0.6) is 0 Å². The lowest BCUT2D eigenvalue weighted by molar-refractivity contribution is -0.132. The molecule has 1 atom stereocenters. The molecule has 8 nitrogen and oxygen atoms in total. The molecule has 0 aliphatic carbocycles. The number of anilines is 1. The molecule has 13 heteroatoms. The van der Waals surface area contributed by atoms with Gasteiger partial charge in [-0.3, -0.25) is 18.9 Å². The van der Waals surface area contributed by atoms with E-state index in [9.17, 15) is 14.7 Å². The highest BCUT2D eigenvalue weighted by Gasteiger charge is 2.49. The van der Waals surface area contributed by atoms with Gasteiger partial charge in [0.2, 0.25) is 5.13 Å². The number of hydrogen-bond donors (Lipinski definition) is 1. The third kappa shape index (κ3) is 4.88. The Morgan fingerprint density at radius 3 is 2.66 bits per heavy atom. The molecule has 1 fully saturated rings. The zero-order chi connectivity index (χ0) is 28.8. The average molecular weight is 627 g/mol. The fraction of sp³-hybridized carbons (Fsp3) is 0.107. The van der Waals surface area contributed by atoms with Crippen LogP contribution in [-0.4, -0.2) is 36.4 Å². The highest BCUT2D eigenvalue weighted by atomic mass is 35.5. The van der Waals surface area contributed by atoms with Gasteiger partial charge in [0.15, 0.2) is 10.1 Å². The highest BCUT2D eigenvalue weighted by molar-refractivity contribution is 8.00. The molecule has 1 saturated heterocycles. The molecule has 1 aliphatic rings. The van der Waals surface area contributed by atoms with E-state index in [2.05, 4.69) is 15.2 Å². The fourth-order valence-corrected chi connectivity index (χ4v) is 7.11. The second kappa shape index (κ2) is 10.9. The Balaban J connectivity index is 1.44. The summed E-state index contributed by atoms with van der Waals surface area (Å²) in [6, 6.07) is 15.0.